The molecule has 1 aromatic rings. The van der Waals surface area contributed by atoms with Gasteiger partial charge in [-0.15, -0.1) is 0 Å². The predicted octanol–water partition coefficient (Wildman–Crippen LogP) is 1.88. The maximum atomic E-state index is 11.2. The fourth-order valence-electron chi connectivity index (χ4n) is 2.46. The summed E-state index contributed by atoms with van der Waals surface area (Å²) in [5.74, 6) is -0.468. The molecule has 0 aliphatic carbocycles. The Labute approximate surface area is 113 Å². The highest BCUT2D eigenvalue weighted by Gasteiger charge is 2.48. The molecule has 2 rings (SSSR count). The van der Waals surface area contributed by atoms with E-state index in [0.29, 0.717) is 19.1 Å². The number of hydrogen-bond acceptors (Lipinski definition) is 3. The number of carboxylic acids is 1. The third-order valence-corrected chi connectivity index (χ3v) is 4.25. The predicted molar refractivity (Wildman–Crippen MR) is 73.3 cm³/mol. The number of carboxylic acid groups (broad SMARTS) is 1. The SMILES string of the molecule is CCC(C)c1ccc(C2(C(N)C(=O)O)COC2)cc1. The van der Waals surface area contributed by atoms with Gasteiger partial charge in [-0.05, 0) is 23.5 Å². The first-order chi connectivity index (χ1) is 9.01. The van der Waals surface area contributed by atoms with Crippen LogP contribution in [-0.4, -0.2) is 30.3 Å². The van der Waals surface area contributed by atoms with E-state index in [-0.39, 0.29) is 0 Å². The van der Waals surface area contributed by atoms with Crippen molar-refractivity contribution in [1.29, 1.82) is 0 Å². The molecule has 1 aliphatic heterocycles. The molecular weight excluding hydrogens is 242 g/mol. The van der Waals surface area contributed by atoms with Crippen LogP contribution in [0.4, 0.5) is 0 Å². The Morgan fingerprint density at radius 2 is 2.00 bits per heavy atom. The van der Waals surface area contributed by atoms with Gasteiger partial charge in [-0.2, -0.15) is 0 Å². The lowest BCUT2D eigenvalue weighted by atomic mass is 9.72. The van der Waals surface area contributed by atoms with E-state index in [9.17, 15) is 4.79 Å². The van der Waals surface area contributed by atoms with Gasteiger partial charge < -0.3 is 15.6 Å². The molecule has 0 bridgehead atoms. The summed E-state index contributed by atoms with van der Waals surface area (Å²) in [5.41, 5.74) is 7.49. The second kappa shape index (κ2) is 5.31. The molecule has 4 nitrogen and oxygen atoms in total. The van der Waals surface area contributed by atoms with Crippen molar-refractivity contribution in [2.45, 2.75) is 37.6 Å². The summed E-state index contributed by atoms with van der Waals surface area (Å²) in [7, 11) is 0. The van der Waals surface area contributed by atoms with Crippen LogP contribution in [0, 0.1) is 0 Å². The number of ether oxygens (including phenoxy) is 1. The van der Waals surface area contributed by atoms with Crippen LogP contribution in [0.25, 0.3) is 0 Å². The molecule has 0 radical (unpaired) electrons. The fraction of sp³-hybridized carbons (Fsp3) is 0.533. The maximum absolute atomic E-state index is 11.2. The molecule has 0 saturated carbocycles. The lowest BCUT2D eigenvalue weighted by Crippen LogP contribution is -2.61. The van der Waals surface area contributed by atoms with E-state index in [4.69, 9.17) is 15.6 Å². The standard InChI is InChI=1S/C15H21NO3/c1-3-10(2)11-4-6-12(7-5-11)15(8-19-9-15)13(16)14(17)18/h4-7,10,13H,3,8-9,16H2,1-2H3,(H,17,18). The monoisotopic (exact) mass is 263 g/mol. The molecule has 4 heteroatoms. The van der Waals surface area contributed by atoms with Crippen molar-refractivity contribution in [3.8, 4) is 0 Å². The first-order valence-corrected chi connectivity index (χ1v) is 6.68. The Kier molecular flexibility index (Phi) is 3.92. The van der Waals surface area contributed by atoms with E-state index in [2.05, 4.69) is 26.0 Å². The van der Waals surface area contributed by atoms with Gasteiger partial charge in [-0.3, -0.25) is 4.79 Å². The number of nitrogens with two attached hydrogens (primary N) is 1. The lowest BCUT2D eigenvalue weighted by Gasteiger charge is -2.44. The summed E-state index contributed by atoms with van der Waals surface area (Å²) in [4.78, 5) is 11.2. The van der Waals surface area contributed by atoms with E-state index in [0.717, 1.165) is 12.0 Å². The summed E-state index contributed by atoms with van der Waals surface area (Å²) in [6.45, 7) is 5.09. The van der Waals surface area contributed by atoms with Gasteiger partial charge in [0.05, 0.1) is 18.6 Å². The minimum atomic E-state index is -0.977. The van der Waals surface area contributed by atoms with Crippen molar-refractivity contribution in [2.75, 3.05) is 13.2 Å². The van der Waals surface area contributed by atoms with Gasteiger partial charge in [0.1, 0.15) is 6.04 Å². The summed E-state index contributed by atoms with van der Waals surface area (Å²) >= 11 is 0. The summed E-state index contributed by atoms with van der Waals surface area (Å²) in [5, 5.41) is 9.14. The second-order valence-corrected chi connectivity index (χ2v) is 5.40. The van der Waals surface area contributed by atoms with Crippen LogP contribution >= 0.6 is 0 Å². The number of carbonyl (C=O) groups is 1. The highest BCUT2D eigenvalue weighted by Crippen LogP contribution is 2.36. The van der Waals surface area contributed by atoms with E-state index in [1.165, 1.54) is 5.56 Å². The topological polar surface area (TPSA) is 72.6 Å². The molecule has 104 valence electrons. The zero-order chi connectivity index (χ0) is 14.0. The molecular formula is C15H21NO3. The summed E-state index contributed by atoms with van der Waals surface area (Å²) in [6, 6.07) is 7.20. The van der Waals surface area contributed by atoms with Crippen molar-refractivity contribution in [3.05, 3.63) is 35.4 Å². The molecule has 2 unspecified atom stereocenters. The zero-order valence-corrected chi connectivity index (χ0v) is 11.4. The third-order valence-electron chi connectivity index (χ3n) is 4.25. The Balaban J connectivity index is 2.27. The van der Waals surface area contributed by atoms with Gasteiger partial charge in [0.15, 0.2) is 0 Å². The van der Waals surface area contributed by atoms with Crippen molar-refractivity contribution >= 4 is 5.97 Å². The Morgan fingerprint density at radius 1 is 1.42 bits per heavy atom. The maximum Gasteiger partial charge on any atom is 0.321 e. The lowest BCUT2D eigenvalue weighted by molar-refractivity contribution is -0.148. The van der Waals surface area contributed by atoms with Gasteiger partial charge in [0.25, 0.3) is 0 Å². The van der Waals surface area contributed by atoms with Gasteiger partial charge in [0.2, 0.25) is 0 Å². The molecule has 1 heterocycles. The highest BCUT2D eigenvalue weighted by atomic mass is 16.5. The smallest absolute Gasteiger partial charge is 0.321 e. The van der Waals surface area contributed by atoms with E-state index in [1.54, 1.807) is 0 Å². The Morgan fingerprint density at radius 3 is 2.37 bits per heavy atom. The van der Waals surface area contributed by atoms with E-state index >= 15 is 0 Å². The quantitative estimate of drug-likeness (QED) is 0.850. The van der Waals surface area contributed by atoms with Crippen molar-refractivity contribution in [1.82, 2.24) is 0 Å². The number of rotatable bonds is 5. The number of aliphatic carboxylic acids is 1. The van der Waals surface area contributed by atoms with E-state index in [1.807, 2.05) is 12.1 Å². The minimum Gasteiger partial charge on any atom is -0.480 e. The van der Waals surface area contributed by atoms with Crippen molar-refractivity contribution in [2.24, 2.45) is 5.73 Å². The molecule has 0 amide bonds. The second-order valence-electron chi connectivity index (χ2n) is 5.40. The first-order valence-electron chi connectivity index (χ1n) is 6.68. The first kappa shape index (κ1) is 14.0. The molecule has 19 heavy (non-hydrogen) atoms. The summed E-state index contributed by atoms with van der Waals surface area (Å²) in [6.07, 6.45) is 1.09. The molecule has 3 N–H and O–H groups in total. The van der Waals surface area contributed by atoms with Crippen LogP contribution in [0.15, 0.2) is 24.3 Å². The molecule has 1 aliphatic rings. The highest BCUT2D eigenvalue weighted by molar-refractivity contribution is 5.76. The average molecular weight is 263 g/mol. The number of benzene rings is 1. The van der Waals surface area contributed by atoms with E-state index < -0.39 is 17.4 Å². The van der Waals surface area contributed by atoms with Crippen LogP contribution in [0.1, 0.15) is 37.3 Å². The molecule has 0 spiro atoms. The van der Waals surface area contributed by atoms with Crippen molar-refractivity contribution < 1.29 is 14.6 Å². The van der Waals surface area contributed by atoms with Gasteiger partial charge in [-0.25, -0.2) is 0 Å². The Hall–Kier alpha value is -1.39. The van der Waals surface area contributed by atoms with Crippen LogP contribution in [0.2, 0.25) is 0 Å². The Bertz CT molecular complexity index is 451. The third kappa shape index (κ3) is 2.38. The van der Waals surface area contributed by atoms with Gasteiger partial charge in [-0.1, -0.05) is 38.1 Å². The summed E-state index contributed by atoms with van der Waals surface area (Å²) < 4.78 is 5.22. The minimum absolute atomic E-state index is 0.378. The van der Waals surface area contributed by atoms with Crippen LogP contribution < -0.4 is 5.73 Å². The molecule has 2 atom stereocenters. The van der Waals surface area contributed by atoms with Crippen molar-refractivity contribution in [3.63, 3.8) is 0 Å². The molecule has 1 saturated heterocycles. The average Bonchev–Trinajstić information content (AvgIpc) is 2.37. The molecule has 0 aromatic heterocycles. The molecule has 1 aromatic carbocycles. The fourth-order valence-corrected chi connectivity index (χ4v) is 2.46. The van der Waals surface area contributed by atoms with Crippen LogP contribution in [0.5, 0.6) is 0 Å². The van der Waals surface area contributed by atoms with Gasteiger partial charge >= 0.3 is 5.97 Å². The van der Waals surface area contributed by atoms with Crippen LogP contribution in [0.3, 0.4) is 0 Å². The molecule has 1 fully saturated rings. The normalized spacial score (nSPS) is 20.4. The van der Waals surface area contributed by atoms with Crippen LogP contribution in [-0.2, 0) is 14.9 Å². The van der Waals surface area contributed by atoms with Gasteiger partial charge in [0, 0.05) is 0 Å². The zero-order valence-electron chi connectivity index (χ0n) is 11.4. The largest absolute Gasteiger partial charge is 0.480 e. The number of hydrogen-bond donors (Lipinski definition) is 2.